The van der Waals surface area contributed by atoms with Crippen molar-refractivity contribution in [2.75, 3.05) is 31.5 Å². The lowest BCUT2D eigenvalue weighted by molar-refractivity contribution is -0.138. The summed E-state index contributed by atoms with van der Waals surface area (Å²) in [5.41, 5.74) is 1.30. The van der Waals surface area contributed by atoms with Gasteiger partial charge in [0.15, 0.2) is 0 Å². The van der Waals surface area contributed by atoms with Gasteiger partial charge in [-0.3, -0.25) is 19.0 Å². The first kappa shape index (κ1) is 27.4. The second-order valence-electron chi connectivity index (χ2n) is 9.96. The van der Waals surface area contributed by atoms with Gasteiger partial charge in [0.25, 0.3) is 5.91 Å². The lowest BCUT2D eigenvalue weighted by Gasteiger charge is -2.37. The summed E-state index contributed by atoms with van der Waals surface area (Å²) in [7, 11) is 0. The molecule has 206 valence electrons. The van der Waals surface area contributed by atoms with Crippen LogP contribution in [0, 0.1) is 11.8 Å². The van der Waals surface area contributed by atoms with Gasteiger partial charge in [-0.05, 0) is 67.6 Å². The normalized spacial score (nSPS) is 14.8. The van der Waals surface area contributed by atoms with Crippen LogP contribution in [0.25, 0.3) is 5.65 Å². The predicted molar refractivity (Wildman–Crippen MR) is 147 cm³/mol. The third-order valence-corrected chi connectivity index (χ3v) is 6.92. The zero-order valence-electron chi connectivity index (χ0n) is 22.2. The molecule has 1 aromatic carbocycles. The van der Waals surface area contributed by atoms with Crippen molar-refractivity contribution in [1.29, 1.82) is 0 Å². The van der Waals surface area contributed by atoms with Crippen LogP contribution in [0.1, 0.15) is 46.9 Å². The molecule has 1 aliphatic heterocycles. The van der Waals surface area contributed by atoms with Gasteiger partial charge in [-0.2, -0.15) is 13.2 Å². The molecule has 7 nitrogen and oxygen atoms in total. The van der Waals surface area contributed by atoms with Crippen molar-refractivity contribution in [3.8, 4) is 11.8 Å². The minimum atomic E-state index is -4.55. The summed E-state index contributed by atoms with van der Waals surface area (Å²) in [6.07, 6.45) is -1.06. The molecule has 4 aromatic rings. The number of alkyl halides is 3. The molecule has 0 bridgehead atoms. The van der Waals surface area contributed by atoms with E-state index in [1.807, 2.05) is 33.7 Å². The number of piperazine rings is 1. The molecular weight excluding hydrogens is 517 g/mol. The average Bonchev–Trinajstić information content (AvgIpc) is 3.36. The number of fused-ring (bicyclic) bond motifs is 1. The van der Waals surface area contributed by atoms with Gasteiger partial charge in [-0.25, -0.2) is 9.97 Å². The number of hydrogen-bond acceptors (Lipinski definition) is 5. The van der Waals surface area contributed by atoms with Crippen molar-refractivity contribution in [2.45, 2.75) is 32.6 Å². The summed E-state index contributed by atoms with van der Waals surface area (Å²) in [6.45, 7) is 7.49. The van der Waals surface area contributed by atoms with Gasteiger partial charge in [0.2, 0.25) is 0 Å². The van der Waals surface area contributed by atoms with E-state index >= 15 is 0 Å². The molecule has 1 N–H and O–H groups in total. The second-order valence-corrected chi connectivity index (χ2v) is 9.96. The Morgan fingerprint density at radius 2 is 1.82 bits per heavy atom. The van der Waals surface area contributed by atoms with Crippen molar-refractivity contribution in [2.24, 2.45) is 0 Å². The number of anilines is 1. The van der Waals surface area contributed by atoms with E-state index in [0.717, 1.165) is 24.8 Å². The Morgan fingerprint density at radius 3 is 2.58 bits per heavy atom. The van der Waals surface area contributed by atoms with Crippen LogP contribution in [0.2, 0.25) is 0 Å². The van der Waals surface area contributed by atoms with E-state index < -0.39 is 17.6 Å². The third-order valence-electron chi connectivity index (χ3n) is 6.92. The fourth-order valence-electron chi connectivity index (χ4n) is 4.71. The van der Waals surface area contributed by atoms with Crippen LogP contribution < -0.4 is 5.32 Å². The van der Waals surface area contributed by atoms with Crippen molar-refractivity contribution in [3.05, 3.63) is 95.2 Å². The van der Waals surface area contributed by atoms with Crippen LogP contribution in [0.3, 0.4) is 0 Å². The number of amides is 1. The van der Waals surface area contributed by atoms with Crippen molar-refractivity contribution in [1.82, 2.24) is 24.2 Å². The molecule has 0 saturated carbocycles. The molecule has 0 unspecified atom stereocenters. The molecule has 1 saturated heterocycles. The fourth-order valence-corrected chi connectivity index (χ4v) is 4.71. The highest BCUT2D eigenvalue weighted by atomic mass is 19.4. The van der Waals surface area contributed by atoms with Crippen LogP contribution in [0.4, 0.5) is 18.9 Å². The Hall–Kier alpha value is -4.20. The van der Waals surface area contributed by atoms with Crippen molar-refractivity contribution in [3.63, 3.8) is 0 Å². The molecule has 4 heterocycles. The number of imidazole rings is 1. The number of aromatic nitrogens is 3. The van der Waals surface area contributed by atoms with Gasteiger partial charge < -0.3 is 5.32 Å². The molecular formula is C30H29F3N6O. The van der Waals surface area contributed by atoms with Gasteiger partial charge in [0.05, 0.1) is 11.8 Å². The molecule has 0 atom stereocenters. The molecule has 3 aromatic heterocycles. The molecule has 1 amide bonds. The SMILES string of the molecule is CC(C)N1CCN(Cc2ccc(NC(=O)c3cccc(C#Cc4cnc5ccccn45)n3)cc2C(F)(F)F)CC1. The van der Waals surface area contributed by atoms with E-state index in [-0.39, 0.29) is 23.5 Å². The first-order valence-corrected chi connectivity index (χ1v) is 13.1. The summed E-state index contributed by atoms with van der Waals surface area (Å²) in [5, 5.41) is 2.56. The molecule has 5 rings (SSSR count). The molecule has 40 heavy (non-hydrogen) atoms. The van der Waals surface area contributed by atoms with E-state index in [0.29, 0.717) is 30.5 Å². The molecule has 0 radical (unpaired) electrons. The fraction of sp³-hybridized carbons (Fsp3) is 0.300. The monoisotopic (exact) mass is 546 g/mol. The summed E-state index contributed by atoms with van der Waals surface area (Å²) in [4.78, 5) is 25.8. The summed E-state index contributed by atoms with van der Waals surface area (Å²) < 4.78 is 43.8. The first-order valence-electron chi connectivity index (χ1n) is 13.1. The van der Waals surface area contributed by atoms with Gasteiger partial charge in [0.1, 0.15) is 22.7 Å². The minimum Gasteiger partial charge on any atom is -0.321 e. The number of carbonyl (C=O) groups is 1. The Bertz CT molecular complexity index is 1580. The Kier molecular flexibility index (Phi) is 7.87. The molecule has 1 aliphatic rings. The van der Waals surface area contributed by atoms with E-state index in [1.54, 1.807) is 18.3 Å². The lowest BCUT2D eigenvalue weighted by atomic mass is 10.0. The number of nitrogens with one attached hydrogen (secondary N) is 1. The maximum Gasteiger partial charge on any atom is 0.416 e. The van der Waals surface area contributed by atoms with E-state index in [1.165, 1.54) is 18.2 Å². The van der Waals surface area contributed by atoms with E-state index in [9.17, 15) is 18.0 Å². The van der Waals surface area contributed by atoms with Crippen molar-refractivity contribution >= 4 is 17.2 Å². The number of nitrogens with zero attached hydrogens (tertiary/aromatic N) is 5. The molecule has 0 spiro atoms. The zero-order chi connectivity index (χ0) is 28.3. The van der Waals surface area contributed by atoms with Crippen LogP contribution in [0.5, 0.6) is 0 Å². The maximum absolute atomic E-state index is 14.0. The minimum absolute atomic E-state index is 0.0469. The van der Waals surface area contributed by atoms with Crippen LogP contribution in [-0.4, -0.2) is 62.3 Å². The van der Waals surface area contributed by atoms with Crippen molar-refractivity contribution < 1.29 is 18.0 Å². The molecule has 10 heteroatoms. The van der Waals surface area contributed by atoms with Crippen LogP contribution >= 0.6 is 0 Å². The standard InChI is InChI=1S/C30H29F3N6O/c1-21(2)38-16-14-37(15-17-38)20-22-9-10-24(18-26(22)30(31,32)33)36-29(40)27-7-5-6-23(35-27)11-12-25-19-34-28-8-3-4-13-39(25)28/h3-10,13,18-19,21H,14-17,20H2,1-2H3,(H,36,40). The maximum atomic E-state index is 14.0. The Morgan fingerprint density at radius 1 is 1.02 bits per heavy atom. The third kappa shape index (κ3) is 6.33. The number of benzene rings is 1. The number of hydrogen-bond donors (Lipinski definition) is 1. The average molecular weight is 547 g/mol. The van der Waals surface area contributed by atoms with Crippen LogP contribution in [0.15, 0.2) is 67.0 Å². The van der Waals surface area contributed by atoms with Gasteiger partial charge in [-0.1, -0.05) is 18.2 Å². The number of pyridine rings is 2. The zero-order valence-corrected chi connectivity index (χ0v) is 22.2. The van der Waals surface area contributed by atoms with Crippen LogP contribution in [-0.2, 0) is 12.7 Å². The topological polar surface area (TPSA) is 65.8 Å². The summed E-state index contributed by atoms with van der Waals surface area (Å²) in [6, 6.07) is 14.7. The molecule has 0 aliphatic carbocycles. The smallest absolute Gasteiger partial charge is 0.321 e. The number of halogens is 3. The first-order chi connectivity index (χ1) is 19.2. The second kappa shape index (κ2) is 11.5. The quantitative estimate of drug-likeness (QED) is 0.360. The lowest BCUT2D eigenvalue weighted by Crippen LogP contribution is -2.48. The van der Waals surface area contributed by atoms with Gasteiger partial charge >= 0.3 is 6.18 Å². The number of rotatable bonds is 5. The Balaban J connectivity index is 1.30. The Labute approximate surface area is 230 Å². The summed E-state index contributed by atoms with van der Waals surface area (Å²) >= 11 is 0. The highest BCUT2D eigenvalue weighted by Crippen LogP contribution is 2.34. The van der Waals surface area contributed by atoms with Gasteiger partial charge in [-0.15, -0.1) is 0 Å². The largest absolute Gasteiger partial charge is 0.416 e. The molecule has 1 fully saturated rings. The highest BCUT2D eigenvalue weighted by Gasteiger charge is 2.34. The predicted octanol–water partition coefficient (Wildman–Crippen LogP) is 4.93. The summed E-state index contributed by atoms with van der Waals surface area (Å²) in [5.74, 6) is 5.30. The van der Waals surface area contributed by atoms with Gasteiger partial charge in [0, 0.05) is 50.6 Å². The van der Waals surface area contributed by atoms with E-state index in [4.69, 9.17) is 0 Å². The van der Waals surface area contributed by atoms with E-state index in [2.05, 4.69) is 45.9 Å². The highest BCUT2D eigenvalue weighted by molar-refractivity contribution is 6.03. The number of carbonyl (C=O) groups excluding carboxylic acids is 1.